The van der Waals surface area contributed by atoms with Crippen molar-refractivity contribution in [1.29, 1.82) is 0 Å². The molecule has 1 aromatic rings. The fraction of sp³-hybridized carbons (Fsp3) is 0.727. The lowest BCUT2D eigenvalue weighted by Gasteiger charge is -2.23. The summed E-state index contributed by atoms with van der Waals surface area (Å²) in [6.07, 6.45) is 9.01. The third-order valence-corrected chi connectivity index (χ3v) is 5.09. The van der Waals surface area contributed by atoms with Gasteiger partial charge in [0.05, 0.1) is 5.60 Å². The Kier molecular flexibility index (Phi) is 8.91. The zero-order chi connectivity index (χ0) is 17.3. The van der Waals surface area contributed by atoms with E-state index in [0.29, 0.717) is 5.92 Å². The van der Waals surface area contributed by atoms with E-state index in [-0.39, 0.29) is 5.60 Å². The van der Waals surface area contributed by atoms with Crippen LogP contribution in [-0.4, -0.2) is 12.7 Å². The number of ether oxygens (including phenoxy) is 1. The highest BCUT2D eigenvalue weighted by Gasteiger charge is 2.16. The second-order valence-electron chi connectivity index (χ2n) is 8.10. The highest BCUT2D eigenvalue weighted by atomic mass is 16.5. The van der Waals surface area contributed by atoms with Gasteiger partial charge in [-0.1, -0.05) is 70.7 Å². The first-order valence-corrected chi connectivity index (χ1v) is 9.48. The van der Waals surface area contributed by atoms with Gasteiger partial charge in [0.1, 0.15) is 0 Å². The van der Waals surface area contributed by atoms with Gasteiger partial charge in [0, 0.05) is 7.11 Å². The molecule has 0 spiro atoms. The summed E-state index contributed by atoms with van der Waals surface area (Å²) in [5, 5.41) is 0. The maximum Gasteiger partial charge on any atom is 0.0622 e. The zero-order valence-corrected chi connectivity index (χ0v) is 16.3. The van der Waals surface area contributed by atoms with Crippen molar-refractivity contribution >= 4 is 0 Å². The van der Waals surface area contributed by atoms with E-state index in [4.69, 9.17) is 4.74 Å². The zero-order valence-electron chi connectivity index (χ0n) is 16.3. The van der Waals surface area contributed by atoms with Crippen molar-refractivity contribution in [2.45, 2.75) is 91.1 Å². The molecule has 0 amide bonds. The lowest BCUT2D eigenvalue weighted by atomic mass is 9.93. The summed E-state index contributed by atoms with van der Waals surface area (Å²) in [7, 11) is 1.82. The van der Waals surface area contributed by atoms with E-state index >= 15 is 0 Å². The van der Waals surface area contributed by atoms with Crippen LogP contribution in [-0.2, 0) is 11.2 Å². The second-order valence-corrected chi connectivity index (χ2v) is 8.10. The van der Waals surface area contributed by atoms with Gasteiger partial charge >= 0.3 is 0 Å². The number of rotatable bonds is 11. The van der Waals surface area contributed by atoms with Crippen LogP contribution in [0.2, 0.25) is 0 Å². The van der Waals surface area contributed by atoms with Crippen molar-refractivity contribution in [3.63, 3.8) is 0 Å². The fourth-order valence-corrected chi connectivity index (χ4v) is 3.01. The summed E-state index contributed by atoms with van der Waals surface area (Å²) < 4.78 is 5.49. The number of benzene rings is 1. The molecular weight excluding hydrogens is 280 g/mol. The lowest BCUT2D eigenvalue weighted by molar-refractivity contribution is 0.0127. The predicted molar refractivity (Wildman–Crippen MR) is 102 cm³/mol. The van der Waals surface area contributed by atoms with Crippen LogP contribution in [0.3, 0.4) is 0 Å². The molecule has 0 radical (unpaired) electrons. The van der Waals surface area contributed by atoms with Gasteiger partial charge in [-0.25, -0.2) is 0 Å². The van der Waals surface area contributed by atoms with Crippen LogP contribution >= 0.6 is 0 Å². The normalized spacial score (nSPS) is 13.5. The van der Waals surface area contributed by atoms with Gasteiger partial charge in [0.15, 0.2) is 0 Å². The minimum atomic E-state index is 0.0435. The van der Waals surface area contributed by atoms with Crippen LogP contribution in [0, 0.1) is 5.92 Å². The Balaban J connectivity index is 2.14. The van der Waals surface area contributed by atoms with Crippen LogP contribution in [0.4, 0.5) is 0 Å². The van der Waals surface area contributed by atoms with Crippen LogP contribution < -0.4 is 0 Å². The van der Waals surface area contributed by atoms with Gasteiger partial charge in [-0.05, 0) is 56.1 Å². The Bertz CT molecular complexity index is 416. The summed E-state index contributed by atoms with van der Waals surface area (Å²) in [4.78, 5) is 0. The van der Waals surface area contributed by atoms with Crippen molar-refractivity contribution in [3.05, 3.63) is 35.4 Å². The molecule has 0 heterocycles. The predicted octanol–water partition coefficient (Wildman–Crippen LogP) is 6.75. The van der Waals surface area contributed by atoms with E-state index in [1.54, 1.807) is 0 Å². The van der Waals surface area contributed by atoms with Crippen molar-refractivity contribution in [1.82, 2.24) is 0 Å². The van der Waals surface area contributed by atoms with Crippen LogP contribution in [0.1, 0.15) is 90.2 Å². The van der Waals surface area contributed by atoms with E-state index in [2.05, 4.69) is 58.9 Å². The third-order valence-electron chi connectivity index (χ3n) is 5.09. The third kappa shape index (κ3) is 8.55. The van der Waals surface area contributed by atoms with E-state index in [1.165, 1.54) is 49.7 Å². The average Bonchev–Trinajstić information content (AvgIpc) is 2.52. The monoisotopic (exact) mass is 318 g/mol. The molecule has 1 aromatic carbocycles. The summed E-state index contributed by atoms with van der Waals surface area (Å²) in [5.74, 6) is 1.47. The Morgan fingerprint density at radius 1 is 0.913 bits per heavy atom. The molecule has 1 nitrogen and oxygen atoms in total. The lowest BCUT2D eigenvalue weighted by Crippen LogP contribution is -2.22. The highest BCUT2D eigenvalue weighted by Crippen LogP contribution is 2.22. The summed E-state index contributed by atoms with van der Waals surface area (Å²) in [5.41, 5.74) is 2.98. The largest absolute Gasteiger partial charge is 0.379 e. The number of hydrogen-bond acceptors (Lipinski definition) is 1. The molecule has 1 heteroatoms. The summed E-state index contributed by atoms with van der Waals surface area (Å²) >= 11 is 0. The van der Waals surface area contributed by atoms with Crippen LogP contribution in [0.5, 0.6) is 0 Å². The average molecular weight is 319 g/mol. The van der Waals surface area contributed by atoms with E-state index < -0.39 is 0 Å². The van der Waals surface area contributed by atoms with Gasteiger partial charge in [0.2, 0.25) is 0 Å². The fourth-order valence-electron chi connectivity index (χ4n) is 3.01. The smallest absolute Gasteiger partial charge is 0.0622 e. The first-order valence-electron chi connectivity index (χ1n) is 9.48. The number of unbranched alkanes of at least 4 members (excludes halogenated alkanes) is 1. The molecule has 132 valence electrons. The molecular formula is C22H38O. The van der Waals surface area contributed by atoms with E-state index in [9.17, 15) is 0 Å². The molecule has 0 fully saturated rings. The minimum absolute atomic E-state index is 0.0435. The number of aryl methyl sites for hydroxylation is 1. The van der Waals surface area contributed by atoms with Gasteiger partial charge in [-0.15, -0.1) is 0 Å². The molecule has 0 N–H and O–H groups in total. The topological polar surface area (TPSA) is 9.23 Å². The van der Waals surface area contributed by atoms with Crippen LogP contribution in [0.25, 0.3) is 0 Å². The molecule has 0 saturated carbocycles. The highest BCUT2D eigenvalue weighted by molar-refractivity contribution is 5.24. The molecule has 0 aliphatic heterocycles. The van der Waals surface area contributed by atoms with E-state index in [1.807, 2.05) is 7.11 Å². The molecule has 1 atom stereocenters. The number of methoxy groups -OCH3 is 1. The molecule has 1 unspecified atom stereocenters. The Morgan fingerprint density at radius 2 is 1.52 bits per heavy atom. The second kappa shape index (κ2) is 10.1. The van der Waals surface area contributed by atoms with Crippen molar-refractivity contribution in [2.24, 2.45) is 5.92 Å². The molecule has 0 saturated heterocycles. The van der Waals surface area contributed by atoms with Crippen molar-refractivity contribution in [3.8, 4) is 0 Å². The first-order chi connectivity index (χ1) is 10.8. The Morgan fingerprint density at radius 3 is 2.09 bits per heavy atom. The standard InChI is InChI=1S/C22H38O/c1-18(2)21-15-13-20(14-16-21)12-8-7-10-19(3)11-9-17-22(4,5)23-6/h13-16,18-19H,7-12,17H2,1-6H3. The molecule has 23 heavy (non-hydrogen) atoms. The van der Waals surface area contributed by atoms with E-state index in [0.717, 1.165) is 12.3 Å². The Hall–Kier alpha value is -0.820. The molecule has 1 rings (SSSR count). The molecule has 0 aromatic heterocycles. The van der Waals surface area contributed by atoms with Gasteiger partial charge in [-0.3, -0.25) is 0 Å². The summed E-state index contributed by atoms with van der Waals surface area (Å²) in [6, 6.07) is 9.21. The van der Waals surface area contributed by atoms with Gasteiger partial charge < -0.3 is 4.74 Å². The Labute approximate surface area is 144 Å². The maximum atomic E-state index is 5.49. The quantitative estimate of drug-likeness (QED) is 0.410. The SMILES string of the molecule is COC(C)(C)CCCC(C)CCCCc1ccc(C(C)C)cc1. The molecule has 0 aliphatic carbocycles. The van der Waals surface area contributed by atoms with Gasteiger partial charge in [0.25, 0.3) is 0 Å². The summed E-state index contributed by atoms with van der Waals surface area (Å²) in [6.45, 7) is 11.3. The van der Waals surface area contributed by atoms with Crippen molar-refractivity contribution < 1.29 is 4.74 Å². The minimum Gasteiger partial charge on any atom is -0.379 e. The van der Waals surface area contributed by atoms with Crippen LogP contribution in [0.15, 0.2) is 24.3 Å². The molecule has 0 bridgehead atoms. The molecule has 0 aliphatic rings. The first kappa shape index (κ1) is 20.2. The van der Waals surface area contributed by atoms with Crippen molar-refractivity contribution in [2.75, 3.05) is 7.11 Å². The maximum absolute atomic E-state index is 5.49. The van der Waals surface area contributed by atoms with Gasteiger partial charge in [-0.2, -0.15) is 0 Å². The number of hydrogen-bond donors (Lipinski definition) is 0.